The third-order valence-electron chi connectivity index (χ3n) is 2.52. The predicted octanol–water partition coefficient (Wildman–Crippen LogP) is 1.89. The van der Waals surface area contributed by atoms with E-state index in [0.29, 0.717) is 6.04 Å². The summed E-state index contributed by atoms with van der Waals surface area (Å²) < 4.78 is 17.1. The van der Waals surface area contributed by atoms with Crippen molar-refractivity contribution in [3.05, 3.63) is 0 Å². The van der Waals surface area contributed by atoms with E-state index in [2.05, 4.69) is 12.2 Å². The van der Waals surface area contributed by atoms with Crippen LogP contribution in [0.5, 0.6) is 0 Å². The Hall–Kier alpha value is -0.150. The van der Waals surface area contributed by atoms with E-state index in [1.807, 2.05) is 0 Å². The van der Waals surface area contributed by atoms with Gasteiger partial charge in [0.2, 0.25) is 0 Å². The first kappa shape index (κ1) is 10.9. The van der Waals surface area contributed by atoms with E-state index in [4.69, 9.17) is 4.74 Å². The van der Waals surface area contributed by atoms with E-state index in [1.54, 1.807) is 0 Å². The number of ether oxygens (including phenoxy) is 1. The average Bonchev–Trinajstić information content (AvgIpc) is 2.59. The summed E-state index contributed by atoms with van der Waals surface area (Å²) >= 11 is 0. The van der Waals surface area contributed by atoms with Crippen LogP contribution in [0.25, 0.3) is 0 Å². The van der Waals surface area contributed by atoms with Gasteiger partial charge < -0.3 is 10.1 Å². The number of unbranched alkanes of at least 4 members (excludes halogenated alkanes) is 1. The van der Waals surface area contributed by atoms with Crippen molar-refractivity contribution in [2.75, 3.05) is 19.8 Å². The maximum atomic E-state index is 11.8. The Balaban J connectivity index is 2.05. The molecule has 2 atom stereocenters. The number of hydrogen-bond acceptors (Lipinski definition) is 2. The van der Waals surface area contributed by atoms with Crippen molar-refractivity contribution in [3.8, 4) is 0 Å². The maximum Gasteiger partial charge on any atom is 0.113 e. The zero-order valence-corrected chi connectivity index (χ0v) is 8.39. The molecule has 1 N–H and O–H groups in total. The summed E-state index contributed by atoms with van der Waals surface area (Å²) in [6, 6.07) is 0.601. The summed E-state index contributed by atoms with van der Waals surface area (Å²) in [7, 11) is 0. The van der Waals surface area contributed by atoms with Crippen LogP contribution in [0.4, 0.5) is 4.39 Å². The minimum atomic E-state index is -0.365. The Bertz CT molecular complexity index is 118. The van der Waals surface area contributed by atoms with Crippen LogP contribution in [0, 0.1) is 0 Å². The highest BCUT2D eigenvalue weighted by Crippen LogP contribution is 2.15. The molecular weight excluding hydrogens is 169 g/mol. The highest BCUT2D eigenvalue weighted by Gasteiger charge is 2.23. The largest absolute Gasteiger partial charge is 0.374 e. The fourth-order valence-corrected chi connectivity index (χ4v) is 1.79. The van der Waals surface area contributed by atoms with Gasteiger partial charge in [0, 0.05) is 12.6 Å². The standard InChI is InChI=1S/C10H20FNO/c1-2-3-4-9-7-10(8-12-9)13-6-5-11/h9-10,12H,2-8H2,1H3/t9-,10-/m0/s1. The quantitative estimate of drug-likeness (QED) is 0.689. The Morgan fingerprint density at radius 2 is 2.38 bits per heavy atom. The van der Waals surface area contributed by atoms with E-state index >= 15 is 0 Å². The van der Waals surface area contributed by atoms with E-state index in [0.717, 1.165) is 13.0 Å². The van der Waals surface area contributed by atoms with E-state index in [-0.39, 0.29) is 19.4 Å². The Morgan fingerprint density at radius 3 is 3.08 bits per heavy atom. The fourth-order valence-electron chi connectivity index (χ4n) is 1.79. The molecule has 0 aromatic heterocycles. The van der Waals surface area contributed by atoms with Crippen molar-refractivity contribution in [2.45, 2.75) is 44.8 Å². The SMILES string of the molecule is CCCC[C@H]1C[C@H](OCCF)CN1. The molecule has 1 rings (SSSR count). The van der Waals surface area contributed by atoms with Crippen molar-refractivity contribution < 1.29 is 9.13 Å². The molecule has 0 saturated carbocycles. The maximum absolute atomic E-state index is 11.8. The van der Waals surface area contributed by atoms with Gasteiger partial charge in [-0.15, -0.1) is 0 Å². The smallest absolute Gasteiger partial charge is 0.113 e. The molecule has 1 heterocycles. The van der Waals surface area contributed by atoms with Crippen LogP contribution in [0.2, 0.25) is 0 Å². The monoisotopic (exact) mass is 189 g/mol. The van der Waals surface area contributed by atoms with Gasteiger partial charge in [0.05, 0.1) is 12.7 Å². The summed E-state index contributed by atoms with van der Waals surface area (Å²) in [5, 5.41) is 3.40. The molecule has 0 radical (unpaired) electrons. The summed E-state index contributed by atoms with van der Waals surface area (Å²) in [4.78, 5) is 0. The predicted molar refractivity (Wildman–Crippen MR) is 51.6 cm³/mol. The van der Waals surface area contributed by atoms with Crippen LogP contribution >= 0.6 is 0 Å². The first-order valence-corrected chi connectivity index (χ1v) is 5.27. The molecule has 0 bridgehead atoms. The number of halogens is 1. The lowest BCUT2D eigenvalue weighted by Crippen LogP contribution is -2.21. The third kappa shape index (κ3) is 4.05. The zero-order valence-electron chi connectivity index (χ0n) is 8.39. The van der Waals surface area contributed by atoms with Crippen molar-refractivity contribution in [1.82, 2.24) is 5.32 Å². The molecule has 78 valence electrons. The highest BCUT2D eigenvalue weighted by atomic mass is 19.1. The lowest BCUT2D eigenvalue weighted by molar-refractivity contribution is 0.0555. The average molecular weight is 189 g/mol. The van der Waals surface area contributed by atoms with E-state index < -0.39 is 0 Å². The molecule has 0 amide bonds. The van der Waals surface area contributed by atoms with Gasteiger partial charge in [-0.25, -0.2) is 4.39 Å². The van der Waals surface area contributed by atoms with Crippen molar-refractivity contribution >= 4 is 0 Å². The molecule has 0 aliphatic carbocycles. The summed E-state index contributed by atoms with van der Waals surface area (Å²) in [6.45, 7) is 2.99. The second-order valence-electron chi connectivity index (χ2n) is 3.66. The van der Waals surface area contributed by atoms with Crippen LogP contribution in [0.3, 0.4) is 0 Å². The molecule has 0 aromatic carbocycles. The van der Waals surface area contributed by atoms with E-state index in [1.165, 1.54) is 19.3 Å². The lowest BCUT2D eigenvalue weighted by Gasteiger charge is -2.09. The molecular formula is C10H20FNO. The van der Waals surface area contributed by atoms with Crippen LogP contribution < -0.4 is 5.32 Å². The first-order chi connectivity index (χ1) is 6.36. The Kier molecular flexibility index (Phi) is 5.32. The molecule has 3 heteroatoms. The molecule has 1 saturated heterocycles. The number of alkyl halides is 1. The topological polar surface area (TPSA) is 21.3 Å². The molecule has 13 heavy (non-hydrogen) atoms. The molecule has 0 aromatic rings. The summed E-state index contributed by atoms with van der Waals surface area (Å²) in [5.74, 6) is 0. The van der Waals surface area contributed by atoms with Gasteiger partial charge >= 0.3 is 0 Å². The van der Waals surface area contributed by atoms with Gasteiger partial charge in [-0.1, -0.05) is 19.8 Å². The Labute approximate surface area is 79.8 Å². The van der Waals surface area contributed by atoms with Crippen LogP contribution in [0.15, 0.2) is 0 Å². The van der Waals surface area contributed by atoms with Crippen LogP contribution in [-0.2, 0) is 4.74 Å². The normalized spacial score (nSPS) is 28.2. The highest BCUT2D eigenvalue weighted by molar-refractivity contribution is 4.81. The van der Waals surface area contributed by atoms with Crippen LogP contribution in [0.1, 0.15) is 32.6 Å². The van der Waals surface area contributed by atoms with Crippen molar-refractivity contribution in [1.29, 1.82) is 0 Å². The molecule has 1 fully saturated rings. The molecule has 1 aliphatic rings. The number of hydrogen-bond donors (Lipinski definition) is 1. The second kappa shape index (κ2) is 6.33. The van der Waals surface area contributed by atoms with Gasteiger partial charge in [-0.2, -0.15) is 0 Å². The second-order valence-corrected chi connectivity index (χ2v) is 3.66. The van der Waals surface area contributed by atoms with Gasteiger partial charge in [0.15, 0.2) is 0 Å². The van der Waals surface area contributed by atoms with Gasteiger partial charge in [0.25, 0.3) is 0 Å². The molecule has 0 spiro atoms. The summed E-state index contributed by atoms with van der Waals surface area (Å²) in [5.41, 5.74) is 0. The van der Waals surface area contributed by atoms with Crippen LogP contribution in [-0.4, -0.2) is 32.0 Å². The molecule has 1 aliphatic heterocycles. The summed E-state index contributed by atoms with van der Waals surface area (Å²) in [6.07, 6.45) is 5.05. The Morgan fingerprint density at radius 1 is 1.54 bits per heavy atom. The van der Waals surface area contributed by atoms with Crippen molar-refractivity contribution in [2.24, 2.45) is 0 Å². The lowest BCUT2D eigenvalue weighted by atomic mass is 10.1. The third-order valence-corrected chi connectivity index (χ3v) is 2.52. The fraction of sp³-hybridized carbons (Fsp3) is 1.00. The number of nitrogens with one attached hydrogen (secondary N) is 1. The van der Waals surface area contributed by atoms with E-state index in [9.17, 15) is 4.39 Å². The zero-order chi connectivity index (χ0) is 9.52. The molecule has 0 unspecified atom stereocenters. The minimum absolute atomic E-state index is 0.248. The molecule has 2 nitrogen and oxygen atoms in total. The van der Waals surface area contributed by atoms with Gasteiger partial charge in [-0.3, -0.25) is 0 Å². The number of rotatable bonds is 6. The first-order valence-electron chi connectivity index (χ1n) is 5.27. The van der Waals surface area contributed by atoms with Crippen molar-refractivity contribution in [3.63, 3.8) is 0 Å². The van der Waals surface area contributed by atoms with Gasteiger partial charge in [-0.05, 0) is 12.8 Å². The van der Waals surface area contributed by atoms with Gasteiger partial charge in [0.1, 0.15) is 6.67 Å². The minimum Gasteiger partial charge on any atom is -0.374 e.